The third-order valence-corrected chi connectivity index (χ3v) is 5.10. The number of anilines is 2. The summed E-state index contributed by atoms with van der Waals surface area (Å²) < 4.78 is 30.8. The van der Waals surface area contributed by atoms with E-state index < -0.39 is 11.7 Å². The van der Waals surface area contributed by atoms with Crippen molar-refractivity contribution in [1.29, 1.82) is 0 Å². The van der Waals surface area contributed by atoms with Crippen molar-refractivity contribution >= 4 is 46.6 Å². The van der Waals surface area contributed by atoms with E-state index in [1.807, 2.05) is 0 Å². The molecular weight excluding hydrogens is 398 g/mol. The predicted molar refractivity (Wildman–Crippen MR) is 101 cm³/mol. The van der Waals surface area contributed by atoms with Gasteiger partial charge < -0.3 is 15.0 Å². The summed E-state index contributed by atoms with van der Waals surface area (Å²) in [5.74, 6) is -2.76. The Morgan fingerprint density at radius 1 is 1.26 bits per heavy atom. The molecule has 0 bridgehead atoms. The van der Waals surface area contributed by atoms with Gasteiger partial charge >= 0.3 is 0 Å². The lowest BCUT2D eigenvalue weighted by Gasteiger charge is -2.29. The van der Waals surface area contributed by atoms with Crippen molar-refractivity contribution in [2.75, 3.05) is 23.4 Å². The van der Waals surface area contributed by atoms with Crippen molar-refractivity contribution in [3.8, 4) is 5.75 Å². The van der Waals surface area contributed by atoms with Crippen LogP contribution in [0.1, 0.15) is 6.42 Å². The summed E-state index contributed by atoms with van der Waals surface area (Å²) in [6.45, 7) is 0.0467. The van der Waals surface area contributed by atoms with Crippen molar-refractivity contribution in [1.82, 2.24) is 0 Å². The molecule has 0 atom stereocenters. The van der Waals surface area contributed by atoms with Gasteiger partial charge in [0, 0.05) is 13.0 Å². The molecule has 0 fully saturated rings. The Morgan fingerprint density at radius 2 is 2.04 bits per heavy atom. The first-order chi connectivity index (χ1) is 13.0. The highest BCUT2D eigenvalue weighted by Gasteiger charge is 2.25. The summed E-state index contributed by atoms with van der Waals surface area (Å²) in [6.07, 6.45) is -0.00856. The highest BCUT2D eigenvalue weighted by atomic mass is 35.5. The molecule has 0 aromatic heterocycles. The lowest BCUT2D eigenvalue weighted by Crippen LogP contribution is -2.40. The number of benzene rings is 2. The molecule has 0 unspecified atom stereocenters. The normalized spacial score (nSPS) is 13.3. The van der Waals surface area contributed by atoms with E-state index in [0.29, 0.717) is 11.4 Å². The first kappa shape index (κ1) is 19.4. The number of ether oxygens (including phenoxy) is 1. The topological polar surface area (TPSA) is 58.6 Å². The van der Waals surface area contributed by atoms with Gasteiger partial charge in [0.05, 0.1) is 21.3 Å². The highest BCUT2D eigenvalue weighted by molar-refractivity contribution is 7.99. The minimum absolute atomic E-state index is 0.00856. The highest BCUT2D eigenvalue weighted by Crippen LogP contribution is 2.37. The molecule has 0 saturated heterocycles. The molecule has 0 radical (unpaired) electrons. The van der Waals surface area contributed by atoms with Gasteiger partial charge in [0.25, 0.3) is 11.7 Å². The van der Waals surface area contributed by atoms with Gasteiger partial charge in [-0.1, -0.05) is 41.6 Å². The number of hydrogen-bond acceptors (Lipinski definition) is 4. The molecule has 0 aliphatic carbocycles. The van der Waals surface area contributed by atoms with Crippen LogP contribution in [-0.4, -0.2) is 30.7 Å². The van der Waals surface area contributed by atoms with Gasteiger partial charge in [-0.3, -0.25) is 9.59 Å². The Bertz CT molecular complexity index is 866. The lowest BCUT2D eigenvalue weighted by molar-refractivity contribution is -0.121. The molecule has 0 saturated carbocycles. The van der Waals surface area contributed by atoms with Crippen LogP contribution in [0.5, 0.6) is 5.75 Å². The number of carbonyl (C=O) groups excluding carboxylic acids is 2. The first-order valence-electron chi connectivity index (χ1n) is 8.01. The van der Waals surface area contributed by atoms with Gasteiger partial charge in [-0.2, -0.15) is 8.78 Å². The van der Waals surface area contributed by atoms with Gasteiger partial charge in [-0.25, -0.2) is 0 Å². The second kappa shape index (κ2) is 8.58. The van der Waals surface area contributed by atoms with Crippen molar-refractivity contribution in [3.05, 3.63) is 47.5 Å². The summed E-state index contributed by atoms with van der Waals surface area (Å²) in [4.78, 5) is 26.0. The number of thioether (sulfide) groups is 1. The number of nitrogens with zero attached hydrogens (tertiary/aromatic N) is 1. The van der Waals surface area contributed by atoms with Crippen molar-refractivity contribution < 1.29 is 23.1 Å². The number of alkyl halides is 2. The van der Waals surface area contributed by atoms with Gasteiger partial charge in [-0.05, 0) is 24.3 Å². The molecule has 1 N–H and O–H groups in total. The largest absolute Gasteiger partial charge is 0.482 e. The Morgan fingerprint density at radius 3 is 2.81 bits per heavy atom. The Labute approximate surface area is 163 Å². The monoisotopic (exact) mass is 412 g/mol. The van der Waals surface area contributed by atoms with E-state index in [2.05, 4.69) is 5.32 Å². The van der Waals surface area contributed by atoms with Gasteiger partial charge in [-0.15, -0.1) is 0 Å². The third-order valence-electron chi connectivity index (χ3n) is 3.82. The van der Waals surface area contributed by atoms with Gasteiger partial charge in [0.1, 0.15) is 5.75 Å². The zero-order valence-corrected chi connectivity index (χ0v) is 15.5. The van der Waals surface area contributed by atoms with E-state index in [1.165, 1.54) is 17.0 Å². The number of halogens is 3. The molecule has 27 heavy (non-hydrogen) atoms. The molecule has 5 nitrogen and oxygen atoms in total. The molecule has 2 amide bonds. The second-order valence-corrected chi connectivity index (χ2v) is 7.00. The Hall–Kier alpha value is -2.32. The fourth-order valence-corrected chi connectivity index (χ4v) is 3.55. The van der Waals surface area contributed by atoms with Gasteiger partial charge in [0.15, 0.2) is 6.61 Å². The molecule has 0 spiro atoms. The average molecular weight is 413 g/mol. The maximum absolute atomic E-state index is 12.7. The molecule has 3 rings (SSSR count). The van der Waals surface area contributed by atoms with Crippen LogP contribution in [0, 0.1) is 0 Å². The van der Waals surface area contributed by atoms with Crippen LogP contribution in [0.2, 0.25) is 5.02 Å². The minimum atomic E-state index is -2.66. The lowest BCUT2D eigenvalue weighted by atomic mass is 10.2. The number of rotatable bonds is 6. The van der Waals surface area contributed by atoms with E-state index in [0.717, 1.165) is 0 Å². The van der Waals surface area contributed by atoms with E-state index in [1.54, 1.807) is 30.3 Å². The summed E-state index contributed by atoms with van der Waals surface area (Å²) in [7, 11) is 0. The SMILES string of the molecule is O=C(CCN1C(=O)COc2ccccc21)Nc1cccc(Cl)c1SC(F)F. The van der Waals surface area contributed by atoms with E-state index in [-0.39, 0.29) is 52.8 Å². The number of amides is 2. The molecule has 1 aliphatic heterocycles. The third kappa shape index (κ3) is 4.70. The fourth-order valence-electron chi connectivity index (χ4n) is 2.64. The summed E-state index contributed by atoms with van der Waals surface area (Å²) in [5.41, 5.74) is 0.810. The Balaban J connectivity index is 1.68. The zero-order chi connectivity index (χ0) is 19.4. The molecular formula is C18H15ClF2N2O3S. The number of hydrogen-bond donors (Lipinski definition) is 1. The average Bonchev–Trinajstić information content (AvgIpc) is 2.63. The minimum Gasteiger partial charge on any atom is -0.482 e. The summed E-state index contributed by atoms with van der Waals surface area (Å²) in [6, 6.07) is 11.6. The van der Waals surface area contributed by atoms with Crippen LogP contribution < -0.4 is 15.0 Å². The van der Waals surface area contributed by atoms with E-state index in [9.17, 15) is 18.4 Å². The molecule has 9 heteroatoms. The van der Waals surface area contributed by atoms with Crippen molar-refractivity contribution in [2.45, 2.75) is 17.1 Å². The summed E-state index contributed by atoms with van der Waals surface area (Å²) in [5, 5.41) is 2.72. The van der Waals surface area contributed by atoms with Crippen molar-refractivity contribution in [2.24, 2.45) is 0 Å². The summed E-state index contributed by atoms with van der Waals surface area (Å²) >= 11 is 6.23. The fraction of sp³-hybridized carbons (Fsp3) is 0.222. The number of fused-ring (bicyclic) bond motifs is 1. The molecule has 1 heterocycles. The molecule has 1 aliphatic rings. The number of carbonyl (C=O) groups is 2. The maximum atomic E-state index is 12.7. The second-order valence-electron chi connectivity index (χ2n) is 5.59. The van der Waals surface area contributed by atoms with Crippen LogP contribution >= 0.6 is 23.4 Å². The number of nitrogens with one attached hydrogen (secondary N) is 1. The number of para-hydroxylation sites is 2. The van der Waals surface area contributed by atoms with Crippen LogP contribution in [0.4, 0.5) is 20.2 Å². The van der Waals surface area contributed by atoms with Crippen LogP contribution in [-0.2, 0) is 9.59 Å². The van der Waals surface area contributed by atoms with Crippen LogP contribution in [0.25, 0.3) is 0 Å². The first-order valence-corrected chi connectivity index (χ1v) is 9.27. The van der Waals surface area contributed by atoms with Gasteiger partial charge in [0.2, 0.25) is 5.91 Å². The van der Waals surface area contributed by atoms with Crippen molar-refractivity contribution in [3.63, 3.8) is 0 Å². The van der Waals surface area contributed by atoms with E-state index in [4.69, 9.17) is 16.3 Å². The molecule has 142 valence electrons. The quantitative estimate of drug-likeness (QED) is 0.714. The maximum Gasteiger partial charge on any atom is 0.289 e. The smallest absolute Gasteiger partial charge is 0.289 e. The Kier molecular flexibility index (Phi) is 6.18. The zero-order valence-electron chi connectivity index (χ0n) is 14.0. The molecule has 2 aromatic carbocycles. The van der Waals surface area contributed by atoms with Crippen LogP contribution in [0.15, 0.2) is 47.4 Å². The standard InChI is InChI=1S/C18H15ClF2N2O3S/c19-11-4-3-5-12(17(11)27-18(20)21)22-15(24)8-9-23-13-6-1-2-7-14(13)26-10-16(23)25/h1-7,18H,8-10H2,(H,22,24). The van der Waals surface area contributed by atoms with Crippen LogP contribution in [0.3, 0.4) is 0 Å². The molecule has 2 aromatic rings. The predicted octanol–water partition coefficient (Wildman–Crippen LogP) is 4.41. The van der Waals surface area contributed by atoms with E-state index >= 15 is 0 Å².